The maximum Gasteiger partial charge on any atom is 0.173 e. The minimum absolute atomic E-state index is 0.111. The molecule has 1 saturated carbocycles. The van der Waals surface area contributed by atoms with Crippen LogP contribution in [0.5, 0.6) is 17.2 Å². The molecule has 2 aliphatic carbocycles. The number of carbonyl (C=O) groups excluding carboxylic acids is 1. The topological polar surface area (TPSA) is 148 Å². The summed E-state index contributed by atoms with van der Waals surface area (Å²) < 4.78 is 4.92. The fourth-order valence-electron chi connectivity index (χ4n) is 3.94. The summed E-state index contributed by atoms with van der Waals surface area (Å²) in [6, 6.07) is 1.04. The Kier molecular flexibility index (Phi) is 3.76. The molecule has 6 atom stereocenters. The fraction of sp³-hybridized carbons (Fsp3) is 0.562. The Morgan fingerprint density at radius 1 is 1.25 bits per heavy atom. The molecule has 1 fully saturated rings. The van der Waals surface area contributed by atoms with Gasteiger partial charge in [0.05, 0.1) is 36.4 Å². The normalized spacial score (nSPS) is 38.4. The first-order chi connectivity index (χ1) is 11.1. The fourth-order valence-corrected chi connectivity index (χ4v) is 3.94. The number of carbonyl (C=O) groups is 1. The Morgan fingerprint density at radius 2 is 1.88 bits per heavy atom. The number of phenolic OH excluding ortho intramolecular Hbond substituents is 2. The molecule has 3 rings (SSSR count). The molecule has 1 aromatic carbocycles. The van der Waals surface area contributed by atoms with Gasteiger partial charge in [0.2, 0.25) is 0 Å². The third-order valence-electron chi connectivity index (χ3n) is 5.19. The first-order valence-electron chi connectivity index (χ1n) is 7.55. The zero-order valence-corrected chi connectivity index (χ0v) is 13.2. The molecule has 0 aromatic heterocycles. The molecule has 0 heterocycles. The third-order valence-corrected chi connectivity index (χ3v) is 5.19. The molecule has 8 nitrogen and oxygen atoms in total. The molecule has 0 spiro atoms. The number of aliphatic hydroxyl groups is 4. The molecule has 0 unspecified atom stereocenters. The second kappa shape index (κ2) is 5.32. The molecule has 2 aliphatic rings. The van der Waals surface area contributed by atoms with Gasteiger partial charge >= 0.3 is 0 Å². The van der Waals surface area contributed by atoms with Crippen LogP contribution in [0.15, 0.2) is 6.07 Å². The summed E-state index contributed by atoms with van der Waals surface area (Å²) in [6.45, 7) is 1.30. The van der Waals surface area contributed by atoms with Gasteiger partial charge in [-0.2, -0.15) is 0 Å². The lowest BCUT2D eigenvalue weighted by Crippen LogP contribution is -2.61. The van der Waals surface area contributed by atoms with Crippen LogP contribution in [-0.4, -0.2) is 61.3 Å². The Labute approximate surface area is 137 Å². The van der Waals surface area contributed by atoms with E-state index in [1.165, 1.54) is 14.0 Å². The lowest BCUT2D eigenvalue weighted by molar-refractivity contribution is -0.184. The van der Waals surface area contributed by atoms with Gasteiger partial charge in [-0.3, -0.25) is 4.79 Å². The minimum Gasteiger partial charge on any atom is -0.507 e. The van der Waals surface area contributed by atoms with Crippen molar-refractivity contribution in [3.63, 3.8) is 0 Å². The van der Waals surface area contributed by atoms with E-state index in [0.29, 0.717) is 0 Å². The maximum atomic E-state index is 12.8. The van der Waals surface area contributed by atoms with E-state index < -0.39 is 53.0 Å². The molecule has 0 aliphatic heterocycles. The zero-order valence-electron chi connectivity index (χ0n) is 13.2. The van der Waals surface area contributed by atoms with Gasteiger partial charge in [0.1, 0.15) is 11.9 Å². The number of methoxy groups -OCH3 is 1. The standard InChI is InChI=1S/C16H20O8/c1-16(23)4-5-8(14(21)15(16)22)13(20)9-6(17)3-7(24-2)12(19)10(9)11(5)18/h3,5,8,11,14-15,17-19,21-23H,4H2,1-2H3/t5-,8-,11-,14-,15+,16-/m0/s1. The van der Waals surface area contributed by atoms with Crippen molar-refractivity contribution in [3.05, 3.63) is 17.2 Å². The highest BCUT2D eigenvalue weighted by Crippen LogP contribution is 2.54. The summed E-state index contributed by atoms with van der Waals surface area (Å²) in [6.07, 6.45) is -4.79. The van der Waals surface area contributed by atoms with Crippen molar-refractivity contribution in [2.24, 2.45) is 11.8 Å². The molecular weight excluding hydrogens is 320 g/mol. The maximum absolute atomic E-state index is 12.8. The minimum atomic E-state index is -1.71. The highest BCUT2D eigenvalue weighted by Gasteiger charge is 2.57. The smallest absolute Gasteiger partial charge is 0.173 e. The number of phenols is 2. The van der Waals surface area contributed by atoms with Gasteiger partial charge in [-0.15, -0.1) is 0 Å². The second-order valence-corrected chi connectivity index (χ2v) is 6.73. The van der Waals surface area contributed by atoms with Crippen molar-refractivity contribution in [1.29, 1.82) is 0 Å². The van der Waals surface area contributed by atoms with Gasteiger partial charge < -0.3 is 35.4 Å². The average Bonchev–Trinajstić information content (AvgIpc) is 2.51. The number of ether oxygens (including phenoxy) is 1. The van der Waals surface area contributed by atoms with Gasteiger partial charge in [-0.1, -0.05) is 0 Å². The molecule has 6 N–H and O–H groups in total. The van der Waals surface area contributed by atoms with E-state index in [0.717, 1.165) is 6.07 Å². The van der Waals surface area contributed by atoms with Gasteiger partial charge in [-0.25, -0.2) is 0 Å². The molecule has 24 heavy (non-hydrogen) atoms. The van der Waals surface area contributed by atoms with Crippen molar-refractivity contribution in [2.45, 2.75) is 37.3 Å². The number of aliphatic hydroxyl groups excluding tert-OH is 3. The van der Waals surface area contributed by atoms with Gasteiger partial charge in [0.15, 0.2) is 17.3 Å². The second-order valence-electron chi connectivity index (χ2n) is 6.73. The largest absolute Gasteiger partial charge is 0.507 e. The van der Waals surface area contributed by atoms with Crippen molar-refractivity contribution >= 4 is 5.78 Å². The summed E-state index contributed by atoms with van der Waals surface area (Å²) in [7, 11) is 1.26. The molecule has 132 valence electrons. The number of rotatable bonds is 1. The lowest BCUT2D eigenvalue weighted by Gasteiger charge is -2.49. The number of hydrogen-bond donors (Lipinski definition) is 6. The molecule has 0 saturated heterocycles. The van der Waals surface area contributed by atoms with Crippen molar-refractivity contribution in [3.8, 4) is 17.2 Å². The van der Waals surface area contributed by atoms with E-state index in [2.05, 4.69) is 0 Å². The van der Waals surface area contributed by atoms with Crippen LogP contribution in [0.4, 0.5) is 0 Å². The number of aromatic hydroxyl groups is 2. The Hall–Kier alpha value is -1.87. The first kappa shape index (κ1) is 17.0. The summed E-state index contributed by atoms with van der Waals surface area (Å²) in [4.78, 5) is 12.8. The average molecular weight is 340 g/mol. The third kappa shape index (κ3) is 2.11. The van der Waals surface area contributed by atoms with Crippen molar-refractivity contribution in [1.82, 2.24) is 0 Å². The summed E-state index contributed by atoms with van der Waals surface area (Å²) >= 11 is 0. The Morgan fingerprint density at radius 3 is 2.46 bits per heavy atom. The van der Waals surface area contributed by atoms with E-state index in [1.807, 2.05) is 0 Å². The van der Waals surface area contributed by atoms with Crippen LogP contribution in [0.25, 0.3) is 0 Å². The number of hydrogen-bond acceptors (Lipinski definition) is 8. The number of Topliss-reactive ketones (excluding diaryl/α,β-unsaturated/α-hetero) is 1. The SMILES string of the molecule is COc1cc(O)c2c(c1O)[C@@H](O)[C@H]1C[C@](C)(O)[C@H](O)[C@@H](O)[C@@H]1C2=O. The van der Waals surface area contributed by atoms with Crippen LogP contribution in [0.3, 0.4) is 0 Å². The van der Waals surface area contributed by atoms with E-state index in [4.69, 9.17) is 4.74 Å². The van der Waals surface area contributed by atoms with Gasteiger partial charge in [0, 0.05) is 17.5 Å². The predicted molar refractivity (Wildman–Crippen MR) is 79.8 cm³/mol. The number of ketones is 1. The Bertz CT molecular complexity index is 698. The molecule has 0 radical (unpaired) electrons. The Balaban J connectivity index is 2.21. The first-order valence-corrected chi connectivity index (χ1v) is 7.55. The molecular formula is C16H20O8. The van der Waals surface area contributed by atoms with Crippen molar-refractivity contribution in [2.75, 3.05) is 7.11 Å². The molecule has 1 aromatic rings. The summed E-state index contributed by atoms with van der Waals surface area (Å²) in [5, 5.41) is 61.6. The van der Waals surface area contributed by atoms with Crippen LogP contribution in [0, 0.1) is 11.8 Å². The van der Waals surface area contributed by atoms with Crippen molar-refractivity contribution < 1.29 is 40.2 Å². The van der Waals surface area contributed by atoms with Crippen LogP contribution >= 0.6 is 0 Å². The van der Waals surface area contributed by atoms with E-state index >= 15 is 0 Å². The van der Waals surface area contributed by atoms with E-state index in [-0.39, 0.29) is 23.3 Å². The van der Waals surface area contributed by atoms with Gasteiger partial charge in [0.25, 0.3) is 0 Å². The van der Waals surface area contributed by atoms with Gasteiger partial charge in [-0.05, 0) is 13.3 Å². The van der Waals surface area contributed by atoms with Crippen LogP contribution in [0.1, 0.15) is 35.4 Å². The van der Waals surface area contributed by atoms with E-state index in [1.54, 1.807) is 0 Å². The summed E-state index contributed by atoms with van der Waals surface area (Å²) in [5.41, 5.74) is -2.22. The van der Waals surface area contributed by atoms with E-state index in [9.17, 15) is 35.4 Å². The quantitative estimate of drug-likeness (QED) is 0.373. The number of fused-ring (bicyclic) bond motifs is 2. The molecule has 8 heteroatoms. The lowest BCUT2D eigenvalue weighted by atomic mass is 9.60. The monoisotopic (exact) mass is 340 g/mol. The highest BCUT2D eigenvalue weighted by atomic mass is 16.5. The van der Waals surface area contributed by atoms with Crippen LogP contribution in [0.2, 0.25) is 0 Å². The zero-order chi connectivity index (χ0) is 18.0. The van der Waals surface area contributed by atoms with Crippen LogP contribution in [-0.2, 0) is 0 Å². The summed E-state index contributed by atoms with van der Waals surface area (Å²) in [5.74, 6) is -3.94. The molecule has 0 amide bonds. The number of benzene rings is 1. The highest BCUT2D eigenvalue weighted by molar-refractivity contribution is 6.04. The predicted octanol–water partition coefficient (Wildman–Crippen LogP) is -0.555. The molecule has 0 bridgehead atoms. The van der Waals surface area contributed by atoms with Crippen LogP contribution < -0.4 is 4.74 Å².